The molecule has 0 fully saturated rings. The van der Waals surface area contributed by atoms with E-state index < -0.39 is 18.0 Å². The number of primary amides is 1. The van der Waals surface area contributed by atoms with E-state index in [2.05, 4.69) is 5.10 Å². The normalized spacial score (nSPS) is 11.8. The van der Waals surface area contributed by atoms with Crippen molar-refractivity contribution in [2.45, 2.75) is 33.4 Å². The number of aryl methyl sites for hydroxylation is 2. The topological polar surface area (TPSA) is 87.2 Å². The second-order valence-corrected chi connectivity index (χ2v) is 6.82. The second kappa shape index (κ2) is 8.08. The maximum atomic E-state index is 12.7. The van der Waals surface area contributed by atoms with Crippen molar-refractivity contribution in [1.82, 2.24) is 9.78 Å². The van der Waals surface area contributed by atoms with E-state index in [0.717, 1.165) is 22.3 Å². The quantitative estimate of drug-likeness (QED) is 0.668. The lowest BCUT2D eigenvalue weighted by molar-refractivity contribution is -0.125. The van der Waals surface area contributed by atoms with Crippen LogP contribution >= 0.6 is 0 Å². The summed E-state index contributed by atoms with van der Waals surface area (Å²) in [6.45, 7) is 5.99. The van der Waals surface area contributed by atoms with Crippen LogP contribution in [0, 0.1) is 13.8 Å². The lowest BCUT2D eigenvalue weighted by Crippen LogP contribution is -2.30. The van der Waals surface area contributed by atoms with E-state index in [1.807, 2.05) is 62.4 Å². The third kappa shape index (κ3) is 4.28. The predicted molar refractivity (Wildman–Crippen MR) is 107 cm³/mol. The van der Waals surface area contributed by atoms with Gasteiger partial charge < -0.3 is 10.5 Å². The molecule has 2 N–H and O–H groups in total. The summed E-state index contributed by atoms with van der Waals surface area (Å²) in [5.74, 6) is -1.32. The number of aromatic nitrogens is 2. The fourth-order valence-corrected chi connectivity index (χ4v) is 2.81. The van der Waals surface area contributed by atoms with E-state index in [4.69, 9.17) is 10.5 Å². The number of hydrogen-bond acceptors (Lipinski definition) is 4. The molecule has 1 aromatic heterocycles. The molecule has 1 amide bonds. The third-order valence-corrected chi connectivity index (χ3v) is 4.63. The molecule has 0 aliphatic carbocycles. The van der Waals surface area contributed by atoms with E-state index >= 15 is 0 Å². The lowest BCUT2D eigenvalue weighted by atomic mass is 10.0. The first-order valence-corrected chi connectivity index (χ1v) is 9.04. The standard InChI is InChI=1S/C22H23N3O3/c1-14-9-10-18(11-15(14)2)20-19(22(27)28-16(3)21(23)26)13-25(24-20)12-17-7-5-4-6-8-17/h4-11,13,16H,12H2,1-3H3,(H2,23,26)/t16-/m0/s1. The summed E-state index contributed by atoms with van der Waals surface area (Å²) in [7, 11) is 0. The molecule has 2 aromatic carbocycles. The van der Waals surface area contributed by atoms with E-state index in [1.54, 1.807) is 10.9 Å². The molecule has 144 valence electrons. The Morgan fingerprint density at radius 2 is 1.82 bits per heavy atom. The van der Waals surface area contributed by atoms with Crippen LogP contribution in [0.15, 0.2) is 54.7 Å². The van der Waals surface area contributed by atoms with Crippen LogP contribution < -0.4 is 5.73 Å². The number of benzene rings is 2. The Kier molecular flexibility index (Phi) is 5.59. The van der Waals surface area contributed by atoms with Gasteiger partial charge in [0.15, 0.2) is 6.10 Å². The highest BCUT2D eigenvalue weighted by molar-refractivity contribution is 5.97. The van der Waals surface area contributed by atoms with Gasteiger partial charge in [0, 0.05) is 11.8 Å². The summed E-state index contributed by atoms with van der Waals surface area (Å²) in [6.07, 6.45) is 0.630. The molecule has 0 saturated heterocycles. The van der Waals surface area contributed by atoms with Crippen molar-refractivity contribution >= 4 is 11.9 Å². The predicted octanol–water partition coefficient (Wildman–Crippen LogP) is 3.25. The molecule has 0 aliphatic rings. The van der Waals surface area contributed by atoms with E-state index in [1.165, 1.54) is 6.92 Å². The Labute approximate surface area is 163 Å². The number of carbonyl (C=O) groups excluding carboxylic acids is 2. The highest BCUT2D eigenvalue weighted by Gasteiger charge is 2.23. The molecule has 0 radical (unpaired) electrons. The van der Waals surface area contributed by atoms with Gasteiger partial charge in [0.25, 0.3) is 5.91 Å². The first-order chi connectivity index (χ1) is 13.3. The van der Waals surface area contributed by atoms with Crippen LogP contribution in [0.3, 0.4) is 0 Å². The molecule has 3 rings (SSSR count). The molecule has 0 bridgehead atoms. The maximum absolute atomic E-state index is 12.7. The van der Waals surface area contributed by atoms with Crippen molar-refractivity contribution in [2.24, 2.45) is 5.73 Å². The average Bonchev–Trinajstić information content (AvgIpc) is 3.08. The van der Waals surface area contributed by atoms with E-state index in [9.17, 15) is 9.59 Å². The Morgan fingerprint density at radius 1 is 1.11 bits per heavy atom. The van der Waals surface area contributed by atoms with Gasteiger partial charge in [0.2, 0.25) is 0 Å². The van der Waals surface area contributed by atoms with Gasteiger partial charge >= 0.3 is 5.97 Å². The second-order valence-electron chi connectivity index (χ2n) is 6.82. The van der Waals surface area contributed by atoms with Crippen molar-refractivity contribution in [2.75, 3.05) is 0 Å². The van der Waals surface area contributed by atoms with Crippen molar-refractivity contribution < 1.29 is 14.3 Å². The average molecular weight is 377 g/mol. The largest absolute Gasteiger partial charge is 0.449 e. The summed E-state index contributed by atoms with van der Waals surface area (Å²) in [4.78, 5) is 24.0. The molecule has 6 nitrogen and oxygen atoms in total. The zero-order valence-electron chi connectivity index (χ0n) is 16.2. The van der Waals surface area contributed by atoms with Gasteiger partial charge in [-0.1, -0.05) is 42.5 Å². The smallest absolute Gasteiger partial charge is 0.342 e. The maximum Gasteiger partial charge on any atom is 0.342 e. The summed E-state index contributed by atoms with van der Waals surface area (Å²) in [5, 5.41) is 4.62. The number of hydrogen-bond donors (Lipinski definition) is 1. The Bertz CT molecular complexity index is 1010. The number of rotatable bonds is 6. The Balaban J connectivity index is 2.00. The summed E-state index contributed by atoms with van der Waals surface area (Å²) in [5.41, 5.74) is 10.2. The summed E-state index contributed by atoms with van der Waals surface area (Å²) < 4.78 is 6.91. The number of nitrogens with two attached hydrogens (primary N) is 1. The number of ether oxygens (including phenoxy) is 1. The van der Waals surface area contributed by atoms with Crippen LogP contribution in [0.2, 0.25) is 0 Å². The molecule has 1 heterocycles. The van der Waals surface area contributed by atoms with Crippen molar-refractivity contribution in [3.8, 4) is 11.3 Å². The van der Waals surface area contributed by atoms with Crippen molar-refractivity contribution in [3.05, 3.63) is 77.0 Å². The van der Waals surface area contributed by atoms with Crippen molar-refractivity contribution in [1.29, 1.82) is 0 Å². The minimum Gasteiger partial charge on any atom is -0.449 e. The fourth-order valence-electron chi connectivity index (χ4n) is 2.81. The van der Waals surface area contributed by atoms with Gasteiger partial charge in [-0.05, 0) is 43.5 Å². The molecular formula is C22H23N3O3. The Hall–Kier alpha value is -3.41. The highest BCUT2D eigenvalue weighted by Crippen LogP contribution is 2.26. The van der Waals surface area contributed by atoms with Crippen molar-refractivity contribution in [3.63, 3.8) is 0 Å². The van der Waals surface area contributed by atoms with Crippen LogP contribution in [-0.2, 0) is 16.1 Å². The SMILES string of the molecule is Cc1ccc(-c2nn(Cc3ccccc3)cc2C(=O)O[C@@H](C)C(N)=O)cc1C. The Morgan fingerprint density at radius 3 is 2.46 bits per heavy atom. The number of nitrogens with zero attached hydrogens (tertiary/aromatic N) is 2. The molecule has 0 spiro atoms. The van der Waals surface area contributed by atoms with E-state index in [0.29, 0.717) is 17.8 Å². The molecule has 3 aromatic rings. The first kappa shape index (κ1) is 19.4. The third-order valence-electron chi connectivity index (χ3n) is 4.63. The number of esters is 1. The molecule has 0 unspecified atom stereocenters. The molecule has 0 saturated carbocycles. The number of carbonyl (C=O) groups is 2. The van der Waals surface area contributed by atoms with Crippen LogP contribution in [-0.4, -0.2) is 27.8 Å². The van der Waals surface area contributed by atoms with Crippen LogP contribution in [0.1, 0.15) is 34.0 Å². The lowest BCUT2D eigenvalue weighted by Gasteiger charge is -2.09. The van der Waals surface area contributed by atoms with Gasteiger partial charge in [-0.15, -0.1) is 0 Å². The molecule has 0 aliphatic heterocycles. The fraction of sp³-hybridized carbons (Fsp3) is 0.227. The summed E-state index contributed by atoms with van der Waals surface area (Å²) in [6, 6.07) is 15.7. The minimum absolute atomic E-state index is 0.298. The van der Waals surface area contributed by atoms with Gasteiger partial charge in [-0.3, -0.25) is 9.48 Å². The van der Waals surface area contributed by atoms with Gasteiger partial charge in [0.1, 0.15) is 11.3 Å². The van der Waals surface area contributed by atoms with Crippen LogP contribution in [0.5, 0.6) is 0 Å². The number of amides is 1. The van der Waals surface area contributed by atoms with Gasteiger partial charge in [0.05, 0.1) is 6.54 Å². The molecule has 6 heteroatoms. The molecule has 28 heavy (non-hydrogen) atoms. The van der Waals surface area contributed by atoms with E-state index in [-0.39, 0.29) is 0 Å². The highest BCUT2D eigenvalue weighted by atomic mass is 16.5. The monoisotopic (exact) mass is 377 g/mol. The summed E-state index contributed by atoms with van der Waals surface area (Å²) >= 11 is 0. The van der Waals surface area contributed by atoms with Crippen LogP contribution in [0.4, 0.5) is 0 Å². The zero-order valence-corrected chi connectivity index (χ0v) is 16.2. The van der Waals surface area contributed by atoms with Gasteiger partial charge in [-0.2, -0.15) is 5.10 Å². The molecular weight excluding hydrogens is 354 g/mol. The first-order valence-electron chi connectivity index (χ1n) is 9.04. The molecule has 1 atom stereocenters. The minimum atomic E-state index is -1.02. The van der Waals surface area contributed by atoms with Gasteiger partial charge in [-0.25, -0.2) is 4.79 Å². The zero-order chi connectivity index (χ0) is 20.3. The van der Waals surface area contributed by atoms with Crippen LogP contribution in [0.25, 0.3) is 11.3 Å².